The van der Waals surface area contributed by atoms with E-state index in [0.717, 1.165) is 58.6 Å². The summed E-state index contributed by atoms with van der Waals surface area (Å²) in [7, 11) is 0. The molecule has 9 heteroatoms. The fourth-order valence-corrected chi connectivity index (χ4v) is 4.85. The van der Waals surface area contributed by atoms with Gasteiger partial charge in [0.05, 0.1) is 6.54 Å². The van der Waals surface area contributed by atoms with Crippen molar-refractivity contribution in [2.24, 2.45) is 0 Å². The first-order valence-corrected chi connectivity index (χ1v) is 12.7. The third-order valence-corrected chi connectivity index (χ3v) is 6.75. The SMILES string of the molecule is CCCCc1cn(-c2c(C)ccn2C(C)C)c(=O)n1Cc1cnccc1-c1ccccc1-c1nn[nH]n1. The molecule has 0 aliphatic rings. The van der Waals surface area contributed by atoms with Gasteiger partial charge in [0, 0.05) is 42.1 Å². The molecular weight excluding hydrogens is 464 g/mol. The zero-order valence-corrected chi connectivity index (χ0v) is 21.7. The van der Waals surface area contributed by atoms with Gasteiger partial charge < -0.3 is 4.57 Å². The fraction of sp³-hybridized carbons (Fsp3) is 0.321. The molecule has 5 aromatic rings. The van der Waals surface area contributed by atoms with Gasteiger partial charge in [-0.15, -0.1) is 10.2 Å². The van der Waals surface area contributed by atoms with E-state index < -0.39 is 0 Å². The summed E-state index contributed by atoms with van der Waals surface area (Å²) in [5.74, 6) is 1.45. The molecule has 1 N–H and O–H groups in total. The Bertz CT molecular complexity index is 1560. The molecule has 0 atom stereocenters. The van der Waals surface area contributed by atoms with Crippen LogP contribution in [0.3, 0.4) is 0 Å². The Balaban J connectivity index is 1.63. The third-order valence-electron chi connectivity index (χ3n) is 6.75. The highest BCUT2D eigenvalue weighted by molar-refractivity contribution is 5.81. The number of aryl methyl sites for hydroxylation is 2. The number of nitrogens with zero attached hydrogens (tertiary/aromatic N) is 7. The summed E-state index contributed by atoms with van der Waals surface area (Å²) in [6.07, 6.45) is 10.6. The topological polar surface area (TPSA) is 99.2 Å². The molecule has 0 amide bonds. The lowest BCUT2D eigenvalue weighted by Gasteiger charge is -2.14. The number of rotatable bonds is 9. The van der Waals surface area contributed by atoms with Gasteiger partial charge in [-0.05, 0) is 73.2 Å². The number of H-pyrrole nitrogens is 1. The predicted molar refractivity (Wildman–Crippen MR) is 144 cm³/mol. The van der Waals surface area contributed by atoms with Gasteiger partial charge in [-0.1, -0.05) is 37.6 Å². The van der Waals surface area contributed by atoms with Crippen molar-refractivity contribution in [2.75, 3.05) is 0 Å². The average molecular weight is 497 g/mol. The molecule has 5 rings (SSSR count). The van der Waals surface area contributed by atoms with Crippen molar-refractivity contribution in [1.82, 2.24) is 39.3 Å². The van der Waals surface area contributed by atoms with Crippen molar-refractivity contribution in [2.45, 2.75) is 59.5 Å². The van der Waals surface area contributed by atoms with E-state index in [-0.39, 0.29) is 11.7 Å². The van der Waals surface area contributed by atoms with Crippen molar-refractivity contribution in [1.29, 1.82) is 0 Å². The lowest BCUT2D eigenvalue weighted by atomic mass is 9.96. The smallest absolute Gasteiger partial charge is 0.331 e. The van der Waals surface area contributed by atoms with E-state index in [9.17, 15) is 4.79 Å². The van der Waals surface area contributed by atoms with Crippen molar-refractivity contribution in [3.63, 3.8) is 0 Å². The van der Waals surface area contributed by atoms with Crippen LogP contribution in [0.4, 0.5) is 0 Å². The van der Waals surface area contributed by atoms with Crippen LogP contribution in [0.1, 0.15) is 56.5 Å². The van der Waals surface area contributed by atoms with Crippen molar-refractivity contribution >= 4 is 0 Å². The quantitative estimate of drug-likeness (QED) is 0.311. The molecule has 4 aromatic heterocycles. The minimum atomic E-state index is -0.0453. The maximum atomic E-state index is 13.9. The Kier molecular flexibility index (Phi) is 6.85. The summed E-state index contributed by atoms with van der Waals surface area (Å²) < 4.78 is 5.86. The molecule has 0 bridgehead atoms. The number of aromatic nitrogens is 8. The largest absolute Gasteiger partial charge is 0.334 e. The highest BCUT2D eigenvalue weighted by Gasteiger charge is 2.20. The van der Waals surface area contributed by atoms with Crippen molar-refractivity contribution in [3.8, 4) is 28.3 Å². The van der Waals surface area contributed by atoms with Gasteiger partial charge in [0.25, 0.3) is 0 Å². The van der Waals surface area contributed by atoms with Crippen LogP contribution < -0.4 is 5.69 Å². The summed E-state index contributed by atoms with van der Waals surface area (Å²) in [5, 5.41) is 14.6. The maximum absolute atomic E-state index is 13.9. The summed E-state index contributed by atoms with van der Waals surface area (Å²) in [6, 6.07) is 12.2. The first-order valence-electron chi connectivity index (χ1n) is 12.7. The van der Waals surface area contributed by atoms with Gasteiger partial charge in [0.1, 0.15) is 5.82 Å². The second kappa shape index (κ2) is 10.4. The molecule has 4 heterocycles. The molecule has 190 valence electrons. The summed E-state index contributed by atoms with van der Waals surface area (Å²) in [5.41, 5.74) is 5.81. The minimum absolute atomic E-state index is 0.0453. The maximum Gasteiger partial charge on any atom is 0.334 e. The number of pyridine rings is 1. The summed E-state index contributed by atoms with van der Waals surface area (Å²) >= 11 is 0. The Morgan fingerprint density at radius 1 is 1.05 bits per heavy atom. The number of imidazole rings is 1. The van der Waals surface area contributed by atoms with Crippen LogP contribution in [-0.4, -0.2) is 39.3 Å². The van der Waals surface area contributed by atoms with Gasteiger partial charge in [-0.2, -0.15) is 5.21 Å². The number of nitrogens with one attached hydrogen (secondary N) is 1. The Labute approximate surface area is 215 Å². The molecule has 0 aliphatic heterocycles. The van der Waals surface area contributed by atoms with E-state index in [1.165, 1.54) is 0 Å². The highest BCUT2D eigenvalue weighted by atomic mass is 16.1. The van der Waals surface area contributed by atoms with Gasteiger partial charge >= 0.3 is 5.69 Å². The summed E-state index contributed by atoms with van der Waals surface area (Å²) in [6.45, 7) is 8.90. The van der Waals surface area contributed by atoms with Gasteiger partial charge in [0.2, 0.25) is 5.82 Å². The van der Waals surface area contributed by atoms with Crippen LogP contribution in [0.5, 0.6) is 0 Å². The molecule has 1 aromatic carbocycles. The number of unbranched alkanes of at least 4 members (excludes halogenated alkanes) is 1. The molecule has 0 saturated heterocycles. The molecule has 37 heavy (non-hydrogen) atoms. The number of aromatic amines is 1. The highest BCUT2D eigenvalue weighted by Crippen LogP contribution is 2.32. The van der Waals surface area contributed by atoms with E-state index in [0.29, 0.717) is 12.4 Å². The molecule has 0 aliphatic carbocycles. The number of benzene rings is 1. The third kappa shape index (κ3) is 4.64. The van der Waals surface area contributed by atoms with Crippen LogP contribution in [0.15, 0.2) is 66.0 Å². The number of tetrazole rings is 1. The zero-order valence-electron chi connectivity index (χ0n) is 21.7. The van der Waals surface area contributed by atoms with Gasteiger partial charge in [-0.3, -0.25) is 14.1 Å². The Hall–Kier alpha value is -4.27. The molecule has 9 nitrogen and oxygen atoms in total. The second-order valence-electron chi connectivity index (χ2n) is 9.60. The van der Waals surface area contributed by atoms with E-state index in [4.69, 9.17) is 0 Å². The van der Waals surface area contributed by atoms with Crippen LogP contribution in [0, 0.1) is 6.92 Å². The lowest BCUT2D eigenvalue weighted by molar-refractivity contribution is 0.582. The van der Waals surface area contributed by atoms with Crippen LogP contribution in [0.25, 0.3) is 28.3 Å². The van der Waals surface area contributed by atoms with Crippen LogP contribution in [0.2, 0.25) is 0 Å². The monoisotopic (exact) mass is 496 g/mol. The second-order valence-corrected chi connectivity index (χ2v) is 9.60. The van der Waals surface area contributed by atoms with Crippen LogP contribution >= 0.6 is 0 Å². The number of hydrogen-bond acceptors (Lipinski definition) is 5. The molecule has 0 saturated carbocycles. The zero-order chi connectivity index (χ0) is 25.9. The Morgan fingerprint density at radius 2 is 1.86 bits per heavy atom. The molecule has 0 fully saturated rings. The average Bonchev–Trinajstić information content (AvgIpc) is 3.64. The molecule has 0 unspecified atom stereocenters. The van der Waals surface area contributed by atoms with Crippen LogP contribution in [-0.2, 0) is 13.0 Å². The lowest BCUT2D eigenvalue weighted by Crippen LogP contribution is -2.27. The van der Waals surface area contributed by atoms with E-state index in [1.54, 1.807) is 6.20 Å². The molecule has 0 radical (unpaired) electrons. The van der Waals surface area contributed by atoms with Gasteiger partial charge in [0.15, 0.2) is 0 Å². The standard InChI is InChI=1S/C28H32N8O/c1-5-6-9-22-18-36(27-20(4)13-15-34(27)19(2)3)28(37)35(22)17-21-16-29-14-12-23(21)24-10-7-8-11-25(24)26-30-32-33-31-26/h7-8,10-16,18-19H,5-6,9,17H2,1-4H3,(H,30,31,32,33). The van der Waals surface area contributed by atoms with E-state index >= 15 is 0 Å². The predicted octanol–water partition coefficient (Wildman–Crippen LogP) is 4.96. The normalized spacial score (nSPS) is 11.5. The molecular formula is C28H32N8O. The molecule has 0 spiro atoms. The fourth-order valence-electron chi connectivity index (χ4n) is 4.85. The number of hydrogen-bond donors (Lipinski definition) is 1. The summed E-state index contributed by atoms with van der Waals surface area (Å²) in [4.78, 5) is 18.4. The van der Waals surface area contributed by atoms with E-state index in [1.807, 2.05) is 51.9 Å². The first kappa shape index (κ1) is 24.4. The van der Waals surface area contributed by atoms with E-state index in [2.05, 4.69) is 70.1 Å². The van der Waals surface area contributed by atoms with Crippen molar-refractivity contribution < 1.29 is 0 Å². The van der Waals surface area contributed by atoms with Gasteiger partial charge in [-0.25, -0.2) is 4.79 Å². The first-order chi connectivity index (χ1) is 18.0. The van der Waals surface area contributed by atoms with Crippen molar-refractivity contribution in [3.05, 3.63) is 88.5 Å². The minimum Gasteiger partial charge on any atom is -0.331 e. The Morgan fingerprint density at radius 3 is 2.59 bits per heavy atom.